The van der Waals surface area contributed by atoms with Crippen LogP contribution in [0, 0.1) is 5.82 Å². The summed E-state index contributed by atoms with van der Waals surface area (Å²) in [6.45, 7) is 0. The molecule has 0 radical (unpaired) electrons. The van der Waals surface area contributed by atoms with E-state index in [0.717, 1.165) is 4.90 Å². The van der Waals surface area contributed by atoms with Crippen molar-refractivity contribution in [3.63, 3.8) is 0 Å². The van der Waals surface area contributed by atoms with E-state index >= 15 is 0 Å². The monoisotopic (exact) mass is 286 g/mol. The Labute approximate surface area is 112 Å². The molecule has 3 nitrogen and oxygen atoms in total. The van der Waals surface area contributed by atoms with Gasteiger partial charge in [-0.15, -0.1) is 11.8 Å². The van der Waals surface area contributed by atoms with E-state index in [4.69, 9.17) is 21.1 Å². The van der Waals surface area contributed by atoms with Gasteiger partial charge in [0, 0.05) is 4.90 Å². The Kier molecular flexibility index (Phi) is 3.93. The van der Waals surface area contributed by atoms with Crippen LogP contribution in [0.5, 0.6) is 0 Å². The van der Waals surface area contributed by atoms with Crippen molar-refractivity contribution >= 4 is 29.3 Å². The quantitative estimate of drug-likeness (QED) is 0.861. The molecule has 0 saturated carbocycles. The third-order valence-corrected chi connectivity index (χ3v) is 3.48. The van der Waals surface area contributed by atoms with E-state index in [9.17, 15) is 9.18 Å². The molecule has 0 aliphatic heterocycles. The first-order valence-corrected chi connectivity index (χ1v) is 6.31. The number of halogens is 2. The van der Waals surface area contributed by atoms with Gasteiger partial charge in [0.1, 0.15) is 17.8 Å². The van der Waals surface area contributed by atoms with Gasteiger partial charge in [-0.05, 0) is 24.3 Å². The number of benzene rings is 1. The number of hydrogen-bond donors (Lipinski definition) is 1. The molecule has 0 unspecified atom stereocenters. The highest BCUT2D eigenvalue weighted by Crippen LogP contribution is 2.27. The molecule has 0 amide bonds. The third-order valence-electron chi connectivity index (χ3n) is 2.17. The van der Waals surface area contributed by atoms with Crippen LogP contribution in [0.2, 0.25) is 5.02 Å². The molecule has 1 heterocycles. The van der Waals surface area contributed by atoms with Gasteiger partial charge in [0.2, 0.25) is 0 Å². The van der Waals surface area contributed by atoms with Crippen LogP contribution in [-0.4, -0.2) is 11.1 Å². The number of carboxylic acid groups (broad SMARTS) is 1. The highest BCUT2D eigenvalue weighted by Gasteiger charge is 2.09. The Morgan fingerprint density at radius 1 is 1.44 bits per heavy atom. The average molecular weight is 287 g/mol. The van der Waals surface area contributed by atoms with Gasteiger partial charge in [-0.25, -0.2) is 9.18 Å². The standard InChI is InChI=1S/C12H8ClFO3S/c13-10-4-9(1-2-11(10)14)18-6-8-3-7(5-17-8)12(15)16/h1-5H,6H2,(H,15,16). The molecule has 94 valence electrons. The van der Waals surface area contributed by atoms with Crippen LogP contribution < -0.4 is 0 Å². The summed E-state index contributed by atoms with van der Waals surface area (Å²) in [5.74, 6) is -0.500. The second kappa shape index (κ2) is 5.46. The fourth-order valence-electron chi connectivity index (χ4n) is 1.29. The highest BCUT2D eigenvalue weighted by molar-refractivity contribution is 7.98. The number of carboxylic acids is 1. The molecule has 0 saturated heterocycles. The minimum absolute atomic E-state index is 0.0608. The molecule has 2 aromatic rings. The van der Waals surface area contributed by atoms with E-state index in [0.29, 0.717) is 11.5 Å². The Balaban J connectivity index is 2.02. The molecule has 6 heteroatoms. The molecule has 0 spiro atoms. The molecule has 0 bridgehead atoms. The van der Waals surface area contributed by atoms with E-state index in [1.54, 1.807) is 6.07 Å². The first kappa shape index (κ1) is 13.0. The van der Waals surface area contributed by atoms with Crippen LogP contribution in [0.25, 0.3) is 0 Å². The van der Waals surface area contributed by atoms with E-state index < -0.39 is 11.8 Å². The summed E-state index contributed by atoms with van der Waals surface area (Å²) in [5, 5.41) is 8.79. The van der Waals surface area contributed by atoms with Crippen molar-refractivity contribution in [1.82, 2.24) is 0 Å². The molecule has 18 heavy (non-hydrogen) atoms. The maximum atomic E-state index is 12.9. The average Bonchev–Trinajstić information content (AvgIpc) is 2.79. The van der Waals surface area contributed by atoms with Gasteiger partial charge < -0.3 is 9.52 Å². The Morgan fingerprint density at radius 3 is 2.83 bits per heavy atom. The lowest BCUT2D eigenvalue weighted by atomic mass is 10.3. The van der Waals surface area contributed by atoms with Gasteiger partial charge in [0.15, 0.2) is 0 Å². The SMILES string of the molecule is O=C(O)c1coc(CSc2ccc(F)c(Cl)c2)c1. The van der Waals surface area contributed by atoms with Gasteiger partial charge in [0.05, 0.1) is 16.3 Å². The van der Waals surface area contributed by atoms with Crippen molar-refractivity contribution in [2.24, 2.45) is 0 Å². The van der Waals surface area contributed by atoms with Gasteiger partial charge >= 0.3 is 5.97 Å². The lowest BCUT2D eigenvalue weighted by molar-refractivity contribution is 0.0696. The van der Waals surface area contributed by atoms with Crippen LogP contribution in [-0.2, 0) is 5.75 Å². The van der Waals surface area contributed by atoms with E-state index in [1.807, 2.05) is 0 Å². The van der Waals surface area contributed by atoms with Crippen molar-refractivity contribution in [1.29, 1.82) is 0 Å². The Bertz CT molecular complexity index is 582. The van der Waals surface area contributed by atoms with Crippen LogP contribution in [0.1, 0.15) is 16.1 Å². The third kappa shape index (κ3) is 3.05. The lowest BCUT2D eigenvalue weighted by Gasteiger charge is -2.00. The molecular weight excluding hydrogens is 279 g/mol. The summed E-state index contributed by atoms with van der Waals surface area (Å²) < 4.78 is 18.0. The minimum Gasteiger partial charge on any atom is -0.478 e. The summed E-state index contributed by atoms with van der Waals surface area (Å²) in [4.78, 5) is 11.4. The smallest absolute Gasteiger partial charge is 0.338 e. The van der Waals surface area contributed by atoms with Crippen molar-refractivity contribution < 1.29 is 18.7 Å². The summed E-state index contributed by atoms with van der Waals surface area (Å²) >= 11 is 7.04. The predicted octanol–water partition coefficient (Wildman–Crippen LogP) is 4.06. The topological polar surface area (TPSA) is 50.4 Å². The summed E-state index contributed by atoms with van der Waals surface area (Å²) in [5.41, 5.74) is 0.114. The number of aromatic carboxylic acids is 1. The molecule has 2 rings (SSSR count). The Hall–Kier alpha value is -1.46. The number of rotatable bonds is 4. The lowest BCUT2D eigenvalue weighted by Crippen LogP contribution is -1.91. The summed E-state index contributed by atoms with van der Waals surface area (Å²) in [6, 6.07) is 5.87. The number of carbonyl (C=O) groups is 1. The van der Waals surface area contributed by atoms with E-state index in [1.165, 1.54) is 36.2 Å². The molecule has 1 aromatic carbocycles. The van der Waals surface area contributed by atoms with Crippen LogP contribution >= 0.6 is 23.4 Å². The van der Waals surface area contributed by atoms with E-state index in [2.05, 4.69) is 0 Å². The van der Waals surface area contributed by atoms with Gasteiger partial charge in [-0.3, -0.25) is 0 Å². The van der Waals surface area contributed by atoms with E-state index in [-0.39, 0.29) is 10.6 Å². The molecule has 1 aromatic heterocycles. The molecule has 0 aliphatic carbocycles. The molecule has 0 atom stereocenters. The number of thioether (sulfide) groups is 1. The van der Waals surface area contributed by atoms with Crippen LogP contribution in [0.4, 0.5) is 4.39 Å². The predicted molar refractivity (Wildman–Crippen MR) is 66.6 cm³/mol. The van der Waals surface area contributed by atoms with Crippen molar-refractivity contribution in [3.05, 3.63) is 52.7 Å². The molecule has 0 aliphatic rings. The highest BCUT2D eigenvalue weighted by atomic mass is 35.5. The normalized spacial score (nSPS) is 10.6. The zero-order chi connectivity index (χ0) is 13.1. The summed E-state index contributed by atoms with van der Waals surface area (Å²) in [6.07, 6.45) is 1.19. The van der Waals surface area contributed by atoms with Crippen LogP contribution in [0.15, 0.2) is 39.8 Å². The molecule has 0 fully saturated rings. The maximum Gasteiger partial charge on any atom is 0.338 e. The second-order valence-electron chi connectivity index (χ2n) is 3.47. The number of hydrogen-bond acceptors (Lipinski definition) is 3. The maximum absolute atomic E-state index is 12.9. The first-order chi connectivity index (χ1) is 8.56. The molecule has 1 N–H and O–H groups in total. The van der Waals surface area contributed by atoms with Gasteiger partial charge in [-0.2, -0.15) is 0 Å². The summed E-state index contributed by atoms with van der Waals surface area (Å²) in [7, 11) is 0. The molecular formula is C12H8ClFO3S. The van der Waals surface area contributed by atoms with Gasteiger partial charge in [0.25, 0.3) is 0 Å². The van der Waals surface area contributed by atoms with Gasteiger partial charge in [-0.1, -0.05) is 11.6 Å². The Morgan fingerprint density at radius 2 is 2.22 bits per heavy atom. The largest absolute Gasteiger partial charge is 0.478 e. The minimum atomic E-state index is -1.03. The fourth-order valence-corrected chi connectivity index (χ4v) is 2.36. The van der Waals surface area contributed by atoms with Crippen molar-refractivity contribution in [2.75, 3.05) is 0 Å². The zero-order valence-electron chi connectivity index (χ0n) is 9.02. The second-order valence-corrected chi connectivity index (χ2v) is 4.93. The number of furan rings is 1. The van der Waals surface area contributed by atoms with Crippen molar-refractivity contribution in [3.8, 4) is 0 Å². The fraction of sp³-hybridized carbons (Fsp3) is 0.0833. The van der Waals surface area contributed by atoms with Crippen molar-refractivity contribution in [2.45, 2.75) is 10.6 Å². The van der Waals surface area contributed by atoms with Crippen LogP contribution in [0.3, 0.4) is 0 Å². The first-order valence-electron chi connectivity index (χ1n) is 4.95. The zero-order valence-corrected chi connectivity index (χ0v) is 10.6.